The van der Waals surface area contributed by atoms with Gasteiger partial charge in [-0.2, -0.15) is 0 Å². The highest BCUT2D eigenvalue weighted by Crippen LogP contribution is 2.27. The fraction of sp³-hybridized carbons (Fsp3) is 0.0714. The molecule has 0 aliphatic heterocycles. The van der Waals surface area contributed by atoms with Crippen LogP contribution in [0.3, 0.4) is 0 Å². The van der Waals surface area contributed by atoms with E-state index >= 15 is 0 Å². The first-order valence-corrected chi connectivity index (χ1v) is 7.61. The quantitative estimate of drug-likeness (QED) is 0.457. The van der Waals surface area contributed by atoms with Gasteiger partial charge in [0.05, 0.1) is 15.1 Å². The summed E-state index contributed by atoms with van der Waals surface area (Å²) in [5, 5.41) is 1.45. The molecule has 0 unspecified atom stereocenters. The molecular formula is C14H8Cl3IO. The van der Waals surface area contributed by atoms with Gasteiger partial charge in [-0.15, -0.1) is 0 Å². The molecule has 19 heavy (non-hydrogen) atoms. The minimum absolute atomic E-state index is 0.0394. The van der Waals surface area contributed by atoms with Crippen LogP contribution in [0, 0.1) is 3.57 Å². The summed E-state index contributed by atoms with van der Waals surface area (Å²) in [6.45, 7) is 0. The Morgan fingerprint density at radius 3 is 2.47 bits per heavy atom. The van der Waals surface area contributed by atoms with Crippen molar-refractivity contribution in [2.45, 2.75) is 6.42 Å². The highest BCUT2D eigenvalue weighted by Gasteiger charge is 2.12. The molecule has 0 radical (unpaired) electrons. The summed E-state index contributed by atoms with van der Waals surface area (Å²) in [6, 6.07) is 10.5. The van der Waals surface area contributed by atoms with Crippen LogP contribution in [0.2, 0.25) is 15.1 Å². The SMILES string of the molecule is O=C(Cc1cccc(Cl)c1Cl)c1ccc(I)c(Cl)c1. The zero-order valence-corrected chi connectivity index (χ0v) is 14.0. The molecule has 0 aromatic heterocycles. The lowest BCUT2D eigenvalue weighted by Gasteiger charge is -2.06. The zero-order valence-electron chi connectivity index (χ0n) is 9.59. The van der Waals surface area contributed by atoms with Gasteiger partial charge < -0.3 is 0 Å². The number of carbonyl (C=O) groups is 1. The summed E-state index contributed by atoms with van der Waals surface area (Å²) in [5.74, 6) is -0.0394. The number of benzene rings is 2. The largest absolute Gasteiger partial charge is 0.294 e. The maximum atomic E-state index is 12.2. The van der Waals surface area contributed by atoms with Gasteiger partial charge in [-0.1, -0.05) is 53.0 Å². The highest BCUT2D eigenvalue weighted by molar-refractivity contribution is 14.1. The Morgan fingerprint density at radius 1 is 1.05 bits per heavy atom. The van der Waals surface area contributed by atoms with Gasteiger partial charge in [-0.05, 0) is 46.4 Å². The topological polar surface area (TPSA) is 17.1 Å². The van der Waals surface area contributed by atoms with E-state index in [1.54, 1.807) is 30.3 Å². The third kappa shape index (κ3) is 3.63. The first kappa shape index (κ1) is 15.1. The second-order valence-electron chi connectivity index (χ2n) is 3.94. The van der Waals surface area contributed by atoms with Gasteiger partial charge >= 0.3 is 0 Å². The maximum absolute atomic E-state index is 12.2. The molecule has 0 saturated carbocycles. The van der Waals surface area contributed by atoms with Crippen LogP contribution in [0.15, 0.2) is 36.4 Å². The van der Waals surface area contributed by atoms with Crippen molar-refractivity contribution in [2.24, 2.45) is 0 Å². The van der Waals surface area contributed by atoms with Gasteiger partial charge in [0.15, 0.2) is 5.78 Å². The lowest BCUT2D eigenvalue weighted by atomic mass is 10.0. The van der Waals surface area contributed by atoms with E-state index in [0.717, 1.165) is 3.57 Å². The Hall–Kier alpha value is -0.290. The fourth-order valence-corrected chi connectivity index (χ4v) is 2.53. The molecule has 2 aromatic carbocycles. The number of halogens is 4. The average Bonchev–Trinajstić information content (AvgIpc) is 2.38. The molecule has 0 fully saturated rings. The number of Topliss-reactive ketones (excluding diaryl/α,β-unsaturated/α-hetero) is 1. The maximum Gasteiger partial charge on any atom is 0.167 e. The van der Waals surface area contributed by atoms with Crippen molar-refractivity contribution in [3.8, 4) is 0 Å². The van der Waals surface area contributed by atoms with Crippen LogP contribution in [0.1, 0.15) is 15.9 Å². The summed E-state index contributed by atoms with van der Waals surface area (Å²) < 4.78 is 0.914. The third-order valence-corrected chi connectivity index (χ3v) is 5.05. The molecule has 98 valence electrons. The van der Waals surface area contributed by atoms with Crippen molar-refractivity contribution in [3.63, 3.8) is 0 Å². The Labute approximate surface area is 140 Å². The molecule has 0 bridgehead atoms. The standard InChI is InChI=1S/C14H8Cl3IO/c15-10-3-1-2-9(14(10)17)7-13(19)8-4-5-12(18)11(16)6-8/h1-6H,7H2. The van der Waals surface area contributed by atoms with E-state index in [1.807, 2.05) is 6.07 Å². The molecule has 0 amide bonds. The second-order valence-corrected chi connectivity index (χ2v) is 6.30. The molecule has 1 nitrogen and oxygen atoms in total. The zero-order chi connectivity index (χ0) is 14.0. The molecule has 0 saturated heterocycles. The molecule has 5 heteroatoms. The summed E-state index contributed by atoms with van der Waals surface area (Å²) >= 11 is 20.1. The van der Waals surface area contributed by atoms with E-state index in [-0.39, 0.29) is 12.2 Å². The van der Waals surface area contributed by atoms with Crippen LogP contribution in [-0.2, 0) is 6.42 Å². The van der Waals surface area contributed by atoms with E-state index in [0.29, 0.717) is 26.2 Å². The monoisotopic (exact) mass is 424 g/mol. The Morgan fingerprint density at radius 2 is 1.79 bits per heavy atom. The first-order chi connectivity index (χ1) is 8.99. The minimum Gasteiger partial charge on any atom is -0.294 e. The van der Waals surface area contributed by atoms with Crippen molar-refractivity contribution in [1.29, 1.82) is 0 Å². The van der Waals surface area contributed by atoms with Gasteiger partial charge in [0.1, 0.15) is 0 Å². The Bertz CT molecular complexity index is 641. The normalized spacial score (nSPS) is 10.5. The molecule has 0 aliphatic rings. The van der Waals surface area contributed by atoms with Crippen LogP contribution < -0.4 is 0 Å². The number of rotatable bonds is 3. The van der Waals surface area contributed by atoms with Crippen LogP contribution in [0.4, 0.5) is 0 Å². The summed E-state index contributed by atoms with van der Waals surface area (Å²) in [7, 11) is 0. The second kappa shape index (κ2) is 6.44. The predicted molar refractivity (Wildman–Crippen MR) is 88.7 cm³/mol. The van der Waals surface area contributed by atoms with Gasteiger partial charge in [0.2, 0.25) is 0 Å². The Balaban J connectivity index is 2.26. The molecule has 0 aliphatic carbocycles. The molecule has 0 atom stereocenters. The van der Waals surface area contributed by atoms with Crippen LogP contribution in [-0.4, -0.2) is 5.78 Å². The molecular weight excluding hydrogens is 417 g/mol. The van der Waals surface area contributed by atoms with E-state index < -0.39 is 0 Å². The summed E-state index contributed by atoms with van der Waals surface area (Å²) in [4.78, 5) is 12.2. The molecule has 0 N–H and O–H groups in total. The third-order valence-electron chi connectivity index (χ3n) is 2.62. The number of hydrogen-bond acceptors (Lipinski definition) is 1. The van der Waals surface area contributed by atoms with Crippen molar-refractivity contribution in [2.75, 3.05) is 0 Å². The van der Waals surface area contributed by atoms with Crippen molar-refractivity contribution >= 4 is 63.2 Å². The fourth-order valence-electron chi connectivity index (χ4n) is 1.63. The van der Waals surface area contributed by atoms with Crippen LogP contribution in [0.5, 0.6) is 0 Å². The van der Waals surface area contributed by atoms with E-state index in [2.05, 4.69) is 22.6 Å². The first-order valence-electron chi connectivity index (χ1n) is 5.40. The average molecular weight is 425 g/mol. The van der Waals surface area contributed by atoms with Gasteiger partial charge in [-0.25, -0.2) is 0 Å². The van der Waals surface area contributed by atoms with Gasteiger partial charge in [0, 0.05) is 15.6 Å². The Kier molecular flexibility index (Phi) is 5.12. The van der Waals surface area contributed by atoms with E-state index in [4.69, 9.17) is 34.8 Å². The lowest BCUT2D eigenvalue weighted by Crippen LogP contribution is -2.04. The molecule has 2 rings (SSSR count). The predicted octanol–water partition coefficient (Wildman–Crippen LogP) is 5.68. The van der Waals surface area contributed by atoms with Crippen LogP contribution >= 0.6 is 57.4 Å². The number of carbonyl (C=O) groups excluding carboxylic acids is 1. The van der Waals surface area contributed by atoms with E-state index in [9.17, 15) is 4.79 Å². The lowest BCUT2D eigenvalue weighted by molar-refractivity contribution is 0.0993. The number of hydrogen-bond donors (Lipinski definition) is 0. The molecule has 0 spiro atoms. The van der Waals surface area contributed by atoms with Gasteiger partial charge in [0.25, 0.3) is 0 Å². The molecule has 0 heterocycles. The smallest absolute Gasteiger partial charge is 0.167 e. The summed E-state index contributed by atoms with van der Waals surface area (Å²) in [6.07, 6.45) is 0.205. The van der Waals surface area contributed by atoms with Crippen molar-refractivity contribution in [1.82, 2.24) is 0 Å². The number of ketones is 1. The van der Waals surface area contributed by atoms with Crippen molar-refractivity contribution < 1.29 is 4.79 Å². The van der Waals surface area contributed by atoms with Gasteiger partial charge in [-0.3, -0.25) is 4.79 Å². The summed E-state index contributed by atoms with van der Waals surface area (Å²) in [5.41, 5.74) is 1.29. The van der Waals surface area contributed by atoms with Crippen molar-refractivity contribution in [3.05, 3.63) is 66.2 Å². The van der Waals surface area contributed by atoms with E-state index in [1.165, 1.54) is 0 Å². The van der Waals surface area contributed by atoms with Crippen LogP contribution in [0.25, 0.3) is 0 Å². The molecule has 2 aromatic rings. The highest BCUT2D eigenvalue weighted by atomic mass is 127. The minimum atomic E-state index is -0.0394.